The molecule has 4 aromatic rings. The minimum Gasteiger partial charge on any atom is -0.494 e. The number of pyridine rings is 1. The van der Waals surface area contributed by atoms with Gasteiger partial charge in [-0.3, -0.25) is 14.6 Å². The van der Waals surface area contributed by atoms with Crippen molar-refractivity contribution >= 4 is 28.8 Å². The molecule has 2 N–H and O–H groups in total. The van der Waals surface area contributed by atoms with Crippen molar-refractivity contribution in [1.29, 1.82) is 0 Å². The van der Waals surface area contributed by atoms with Crippen LogP contribution < -0.4 is 15.4 Å². The van der Waals surface area contributed by atoms with E-state index >= 15 is 0 Å². The van der Waals surface area contributed by atoms with Crippen molar-refractivity contribution in [3.8, 4) is 16.3 Å². The van der Waals surface area contributed by atoms with Crippen LogP contribution in [0, 0.1) is 6.92 Å². The van der Waals surface area contributed by atoms with Crippen molar-refractivity contribution in [2.45, 2.75) is 20.4 Å². The molecule has 8 heteroatoms. The van der Waals surface area contributed by atoms with Crippen molar-refractivity contribution in [2.24, 2.45) is 0 Å². The largest absolute Gasteiger partial charge is 0.494 e. The summed E-state index contributed by atoms with van der Waals surface area (Å²) in [6.45, 7) is 4.71. The molecular weight excluding hydrogens is 448 g/mol. The van der Waals surface area contributed by atoms with E-state index in [0.717, 1.165) is 21.9 Å². The van der Waals surface area contributed by atoms with E-state index < -0.39 is 0 Å². The van der Waals surface area contributed by atoms with Gasteiger partial charge in [0.2, 0.25) is 0 Å². The van der Waals surface area contributed by atoms with Gasteiger partial charge in [-0.1, -0.05) is 12.1 Å². The van der Waals surface area contributed by atoms with E-state index in [9.17, 15) is 9.59 Å². The minimum atomic E-state index is -0.217. The van der Waals surface area contributed by atoms with Crippen LogP contribution in [-0.4, -0.2) is 28.4 Å². The highest BCUT2D eigenvalue weighted by atomic mass is 32.1. The molecule has 2 heterocycles. The van der Waals surface area contributed by atoms with E-state index in [0.29, 0.717) is 35.0 Å². The first-order valence-electron chi connectivity index (χ1n) is 10.8. The number of hydrogen-bond acceptors (Lipinski definition) is 6. The van der Waals surface area contributed by atoms with Crippen LogP contribution in [0.3, 0.4) is 0 Å². The van der Waals surface area contributed by atoms with Gasteiger partial charge >= 0.3 is 0 Å². The molecule has 0 aliphatic carbocycles. The van der Waals surface area contributed by atoms with Gasteiger partial charge in [-0.25, -0.2) is 4.98 Å². The Hall–Kier alpha value is -4.04. The van der Waals surface area contributed by atoms with Crippen LogP contribution in [0.25, 0.3) is 10.6 Å². The fraction of sp³-hybridized carbons (Fsp3) is 0.154. The highest BCUT2D eigenvalue weighted by Gasteiger charge is 2.16. The number of aryl methyl sites for hydroxylation is 1. The van der Waals surface area contributed by atoms with E-state index in [-0.39, 0.29) is 11.8 Å². The summed E-state index contributed by atoms with van der Waals surface area (Å²) in [5.41, 5.74) is 3.67. The Kier molecular flexibility index (Phi) is 7.29. The van der Waals surface area contributed by atoms with Crippen LogP contribution in [-0.2, 0) is 6.54 Å². The zero-order chi connectivity index (χ0) is 23.9. The predicted octanol–water partition coefficient (Wildman–Crippen LogP) is 5.09. The average Bonchev–Trinajstić information content (AvgIpc) is 3.25. The molecular formula is C26H24N4O3S. The molecule has 0 unspecified atom stereocenters. The Morgan fingerprint density at radius 1 is 1.00 bits per heavy atom. The summed E-state index contributed by atoms with van der Waals surface area (Å²) in [4.78, 5) is 34.3. The number of rotatable bonds is 8. The summed E-state index contributed by atoms with van der Waals surface area (Å²) in [7, 11) is 0. The molecule has 0 aliphatic rings. The maximum absolute atomic E-state index is 12.8. The molecule has 0 saturated heterocycles. The van der Waals surface area contributed by atoms with E-state index in [2.05, 4.69) is 20.6 Å². The molecule has 0 atom stereocenters. The fourth-order valence-corrected chi connectivity index (χ4v) is 4.31. The van der Waals surface area contributed by atoms with Crippen LogP contribution in [0.5, 0.6) is 5.75 Å². The minimum absolute atomic E-state index is 0.182. The number of aromatic nitrogens is 2. The normalized spacial score (nSPS) is 10.5. The van der Waals surface area contributed by atoms with Gasteiger partial charge in [0.05, 0.1) is 12.3 Å². The first-order valence-corrected chi connectivity index (χ1v) is 11.6. The van der Waals surface area contributed by atoms with Gasteiger partial charge in [0.15, 0.2) is 0 Å². The summed E-state index contributed by atoms with van der Waals surface area (Å²) in [5.74, 6) is 0.404. The molecule has 7 nitrogen and oxygen atoms in total. The van der Waals surface area contributed by atoms with Crippen LogP contribution >= 0.6 is 11.3 Å². The number of benzene rings is 2. The molecule has 0 fully saturated rings. The maximum atomic E-state index is 12.8. The number of carbonyl (C=O) groups is 2. The van der Waals surface area contributed by atoms with Crippen molar-refractivity contribution < 1.29 is 14.3 Å². The zero-order valence-electron chi connectivity index (χ0n) is 18.9. The van der Waals surface area contributed by atoms with Crippen molar-refractivity contribution in [3.05, 3.63) is 94.8 Å². The van der Waals surface area contributed by atoms with Gasteiger partial charge in [0.1, 0.15) is 15.6 Å². The van der Waals surface area contributed by atoms with Crippen molar-refractivity contribution in [3.63, 3.8) is 0 Å². The van der Waals surface area contributed by atoms with E-state index in [4.69, 9.17) is 4.74 Å². The molecule has 0 aliphatic heterocycles. The Labute approximate surface area is 201 Å². The monoisotopic (exact) mass is 472 g/mol. The van der Waals surface area contributed by atoms with Crippen LogP contribution in [0.2, 0.25) is 0 Å². The lowest BCUT2D eigenvalue weighted by atomic mass is 10.2. The second kappa shape index (κ2) is 10.7. The summed E-state index contributed by atoms with van der Waals surface area (Å²) < 4.78 is 5.48. The molecule has 0 bridgehead atoms. The van der Waals surface area contributed by atoms with Gasteiger partial charge in [-0.05, 0) is 67.9 Å². The zero-order valence-corrected chi connectivity index (χ0v) is 19.7. The first-order chi connectivity index (χ1) is 16.5. The van der Waals surface area contributed by atoms with Gasteiger partial charge in [0.25, 0.3) is 11.8 Å². The summed E-state index contributed by atoms with van der Waals surface area (Å²) in [6.07, 6.45) is 3.15. The van der Waals surface area contributed by atoms with Crippen LogP contribution in [0.4, 0.5) is 5.69 Å². The topological polar surface area (TPSA) is 93.2 Å². The third kappa shape index (κ3) is 5.65. The highest BCUT2D eigenvalue weighted by molar-refractivity contribution is 7.17. The lowest BCUT2D eigenvalue weighted by molar-refractivity contribution is 0.0953. The number of hydrogen-bond donors (Lipinski definition) is 2. The lowest BCUT2D eigenvalue weighted by Crippen LogP contribution is -2.22. The SMILES string of the molecule is CCOc1ccc(-c2nc(C)c(C(=O)NCc3cccc(NC(=O)c4ccncc4)c3)s2)cc1. The van der Waals surface area contributed by atoms with Gasteiger partial charge < -0.3 is 15.4 Å². The van der Waals surface area contributed by atoms with Gasteiger partial charge in [-0.2, -0.15) is 0 Å². The summed E-state index contributed by atoms with van der Waals surface area (Å²) in [5, 5.41) is 6.60. The molecule has 0 spiro atoms. The third-order valence-electron chi connectivity index (χ3n) is 5.00. The fourth-order valence-electron chi connectivity index (χ4n) is 3.32. The van der Waals surface area contributed by atoms with Gasteiger partial charge in [-0.15, -0.1) is 11.3 Å². The first kappa shape index (κ1) is 23.1. The number of amides is 2. The molecule has 172 valence electrons. The van der Waals surface area contributed by atoms with E-state index in [1.165, 1.54) is 11.3 Å². The Morgan fingerprint density at radius 2 is 1.76 bits per heavy atom. The van der Waals surface area contributed by atoms with E-state index in [1.807, 2.05) is 56.3 Å². The second-order valence-electron chi connectivity index (χ2n) is 7.46. The van der Waals surface area contributed by atoms with Crippen molar-refractivity contribution in [1.82, 2.24) is 15.3 Å². The Morgan fingerprint density at radius 3 is 2.50 bits per heavy atom. The van der Waals surface area contributed by atoms with Gasteiger partial charge in [0, 0.05) is 35.8 Å². The number of carbonyl (C=O) groups excluding carboxylic acids is 2. The molecule has 0 radical (unpaired) electrons. The van der Waals surface area contributed by atoms with Crippen LogP contribution in [0.1, 0.15) is 38.2 Å². The number of nitrogens with zero attached hydrogens (tertiary/aromatic N) is 2. The molecule has 2 aromatic carbocycles. The second-order valence-corrected chi connectivity index (χ2v) is 8.46. The average molecular weight is 473 g/mol. The third-order valence-corrected chi connectivity index (χ3v) is 6.20. The van der Waals surface area contributed by atoms with E-state index in [1.54, 1.807) is 30.6 Å². The quantitative estimate of drug-likeness (QED) is 0.372. The smallest absolute Gasteiger partial charge is 0.263 e. The Balaban J connectivity index is 1.39. The predicted molar refractivity (Wildman–Crippen MR) is 133 cm³/mol. The lowest BCUT2D eigenvalue weighted by Gasteiger charge is -2.08. The summed E-state index contributed by atoms with van der Waals surface area (Å²) >= 11 is 1.36. The summed E-state index contributed by atoms with van der Waals surface area (Å²) in [6, 6.07) is 18.4. The maximum Gasteiger partial charge on any atom is 0.263 e. The molecule has 2 aromatic heterocycles. The number of anilines is 1. The highest BCUT2D eigenvalue weighted by Crippen LogP contribution is 2.29. The Bertz CT molecular complexity index is 1290. The van der Waals surface area contributed by atoms with Crippen molar-refractivity contribution in [2.75, 3.05) is 11.9 Å². The number of thiazole rings is 1. The standard InChI is InChI=1S/C26H24N4O3S/c1-3-33-22-9-7-20(8-10-22)26-29-17(2)23(34-26)25(32)28-16-18-5-4-6-21(15-18)30-24(31)19-11-13-27-14-12-19/h4-15H,3,16H2,1-2H3,(H,28,32)(H,30,31). The number of nitrogens with one attached hydrogen (secondary N) is 2. The molecule has 34 heavy (non-hydrogen) atoms. The number of ether oxygens (including phenoxy) is 1. The van der Waals surface area contributed by atoms with Crippen LogP contribution in [0.15, 0.2) is 73.1 Å². The molecule has 4 rings (SSSR count). The molecule has 2 amide bonds. The molecule has 0 saturated carbocycles.